The Morgan fingerprint density at radius 2 is 2.12 bits per heavy atom. The highest BCUT2D eigenvalue weighted by atomic mass is 15.3. The number of likely N-dealkylation sites (N-methyl/N-ethyl adjacent to an activating group) is 1. The molecule has 0 spiro atoms. The molecule has 1 aromatic heterocycles. The topological polar surface area (TPSA) is 105 Å². The summed E-state index contributed by atoms with van der Waals surface area (Å²) in [6.07, 6.45) is 2.64. The van der Waals surface area contributed by atoms with Gasteiger partial charge in [0, 0.05) is 25.2 Å². The van der Waals surface area contributed by atoms with E-state index in [0.717, 1.165) is 19.1 Å². The zero-order valence-corrected chi connectivity index (χ0v) is 9.98. The Kier molecular flexibility index (Phi) is 3.60. The lowest BCUT2D eigenvalue weighted by atomic mass is 10.4. The molecular formula is C10H19N7. The molecule has 0 aromatic carbocycles. The van der Waals surface area contributed by atoms with Gasteiger partial charge in [-0.05, 0) is 19.9 Å². The number of anilines is 3. The second-order valence-electron chi connectivity index (χ2n) is 4.28. The second-order valence-corrected chi connectivity index (χ2v) is 4.28. The molecule has 0 unspecified atom stereocenters. The molecule has 7 nitrogen and oxygen atoms in total. The minimum Gasteiger partial charge on any atom is -0.369 e. The molecule has 0 saturated heterocycles. The highest BCUT2D eigenvalue weighted by molar-refractivity contribution is 5.50. The molecule has 0 atom stereocenters. The quantitative estimate of drug-likeness (QED) is 0.403. The predicted molar refractivity (Wildman–Crippen MR) is 68.4 cm³/mol. The summed E-state index contributed by atoms with van der Waals surface area (Å²) in [6, 6.07) is 2.50. The number of hydrazine groups is 1. The van der Waals surface area contributed by atoms with Crippen LogP contribution in [0.4, 0.5) is 17.6 Å². The third kappa shape index (κ3) is 3.43. The van der Waals surface area contributed by atoms with Gasteiger partial charge < -0.3 is 21.4 Å². The van der Waals surface area contributed by atoms with Crippen LogP contribution in [0.25, 0.3) is 0 Å². The molecule has 0 bridgehead atoms. The lowest BCUT2D eigenvalue weighted by Crippen LogP contribution is -2.27. The fourth-order valence-corrected chi connectivity index (χ4v) is 1.69. The summed E-state index contributed by atoms with van der Waals surface area (Å²) < 4.78 is 0. The zero-order valence-electron chi connectivity index (χ0n) is 9.98. The maximum Gasteiger partial charge on any atom is 0.223 e. The van der Waals surface area contributed by atoms with E-state index in [0.29, 0.717) is 11.6 Å². The third-order valence-corrected chi connectivity index (χ3v) is 2.83. The first-order valence-corrected chi connectivity index (χ1v) is 5.74. The van der Waals surface area contributed by atoms with E-state index in [-0.39, 0.29) is 5.95 Å². The van der Waals surface area contributed by atoms with E-state index in [1.54, 1.807) is 6.07 Å². The van der Waals surface area contributed by atoms with Gasteiger partial charge in [0.15, 0.2) is 0 Å². The van der Waals surface area contributed by atoms with Crippen molar-refractivity contribution < 1.29 is 0 Å². The molecule has 7 heteroatoms. The predicted octanol–water partition coefficient (Wildman–Crippen LogP) is -0.149. The Hall–Kier alpha value is -1.60. The second kappa shape index (κ2) is 5.15. The van der Waals surface area contributed by atoms with Crippen LogP contribution in [-0.2, 0) is 0 Å². The van der Waals surface area contributed by atoms with Crippen molar-refractivity contribution in [1.82, 2.24) is 14.9 Å². The fraction of sp³-hybridized carbons (Fsp3) is 0.600. The number of aromatic nitrogens is 2. The largest absolute Gasteiger partial charge is 0.369 e. The van der Waals surface area contributed by atoms with E-state index in [4.69, 9.17) is 11.6 Å². The van der Waals surface area contributed by atoms with Crippen LogP contribution in [0.15, 0.2) is 6.07 Å². The summed E-state index contributed by atoms with van der Waals surface area (Å²) >= 11 is 0. The minimum atomic E-state index is 0.207. The van der Waals surface area contributed by atoms with Crippen molar-refractivity contribution in [2.24, 2.45) is 5.84 Å². The van der Waals surface area contributed by atoms with Gasteiger partial charge in [0.2, 0.25) is 5.95 Å². The molecule has 0 amide bonds. The summed E-state index contributed by atoms with van der Waals surface area (Å²) in [5.41, 5.74) is 8.01. The lowest BCUT2D eigenvalue weighted by molar-refractivity contribution is 0.337. The zero-order chi connectivity index (χ0) is 12.3. The summed E-state index contributed by atoms with van der Waals surface area (Å²) in [7, 11) is 2.14. The SMILES string of the molecule is CN(CCNc1cc(NN)nc(N)n1)C1CC1. The molecule has 1 heterocycles. The number of hydrogen-bond donors (Lipinski definition) is 4. The fourth-order valence-electron chi connectivity index (χ4n) is 1.69. The maximum absolute atomic E-state index is 5.56. The van der Waals surface area contributed by atoms with Gasteiger partial charge in [0.05, 0.1) is 0 Å². The highest BCUT2D eigenvalue weighted by Crippen LogP contribution is 2.24. The first-order valence-electron chi connectivity index (χ1n) is 5.74. The number of nitrogen functional groups attached to an aromatic ring is 2. The van der Waals surface area contributed by atoms with Crippen molar-refractivity contribution >= 4 is 17.6 Å². The molecule has 2 rings (SSSR count). The Labute approximate surface area is 101 Å². The van der Waals surface area contributed by atoms with Crippen LogP contribution in [0, 0.1) is 0 Å². The van der Waals surface area contributed by atoms with Crippen LogP contribution >= 0.6 is 0 Å². The van der Waals surface area contributed by atoms with Crippen molar-refractivity contribution in [1.29, 1.82) is 0 Å². The Morgan fingerprint density at radius 1 is 1.41 bits per heavy atom. The molecular weight excluding hydrogens is 218 g/mol. The normalized spacial score (nSPS) is 15.0. The average Bonchev–Trinajstić information content (AvgIpc) is 3.12. The molecule has 1 saturated carbocycles. The van der Waals surface area contributed by atoms with Gasteiger partial charge in [0.25, 0.3) is 0 Å². The number of rotatable bonds is 6. The van der Waals surface area contributed by atoms with E-state index >= 15 is 0 Å². The van der Waals surface area contributed by atoms with Gasteiger partial charge in [-0.1, -0.05) is 0 Å². The van der Waals surface area contributed by atoms with Crippen molar-refractivity contribution in [3.8, 4) is 0 Å². The van der Waals surface area contributed by atoms with Crippen LogP contribution in [0.3, 0.4) is 0 Å². The molecule has 94 valence electrons. The van der Waals surface area contributed by atoms with E-state index in [9.17, 15) is 0 Å². The molecule has 1 aliphatic rings. The van der Waals surface area contributed by atoms with E-state index in [2.05, 4.69) is 32.7 Å². The molecule has 0 aliphatic heterocycles. The van der Waals surface area contributed by atoms with Crippen molar-refractivity contribution in [2.45, 2.75) is 18.9 Å². The van der Waals surface area contributed by atoms with Gasteiger partial charge in [-0.2, -0.15) is 9.97 Å². The molecule has 1 aliphatic carbocycles. The summed E-state index contributed by atoms with van der Waals surface area (Å²) in [5, 5.41) is 3.21. The van der Waals surface area contributed by atoms with Gasteiger partial charge in [-0.25, -0.2) is 5.84 Å². The van der Waals surface area contributed by atoms with Crippen LogP contribution in [0.2, 0.25) is 0 Å². The van der Waals surface area contributed by atoms with Gasteiger partial charge in [0.1, 0.15) is 11.6 Å². The number of nitrogens with two attached hydrogens (primary N) is 2. The third-order valence-electron chi connectivity index (χ3n) is 2.83. The molecule has 1 fully saturated rings. The molecule has 17 heavy (non-hydrogen) atoms. The molecule has 1 aromatic rings. The average molecular weight is 237 g/mol. The van der Waals surface area contributed by atoms with Crippen LogP contribution in [0.5, 0.6) is 0 Å². The Balaban J connectivity index is 1.83. The van der Waals surface area contributed by atoms with Crippen molar-refractivity contribution in [3.05, 3.63) is 6.07 Å². The van der Waals surface area contributed by atoms with Crippen LogP contribution in [-0.4, -0.2) is 41.0 Å². The van der Waals surface area contributed by atoms with Crippen LogP contribution < -0.4 is 22.3 Å². The summed E-state index contributed by atoms with van der Waals surface area (Å²) in [6.45, 7) is 1.81. The summed E-state index contributed by atoms with van der Waals surface area (Å²) in [4.78, 5) is 10.3. The number of nitrogens with zero attached hydrogens (tertiary/aromatic N) is 3. The first kappa shape index (κ1) is 11.9. The summed E-state index contributed by atoms with van der Waals surface area (Å²) in [5.74, 6) is 6.69. The van der Waals surface area contributed by atoms with E-state index in [1.807, 2.05) is 0 Å². The van der Waals surface area contributed by atoms with Crippen LogP contribution in [0.1, 0.15) is 12.8 Å². The van der Waals surface area contributed by atoms with Gasteiger partial charge in [-0.3, -0.25) is 0 Å². The maximum atomic E-state index is 5.56. The van der Waals surface area contributed by atoms with Crippen molar-refractivity contribution in [2.75, 3.05) is 36.6 Å². The van der Waals surface area contributed by atoms with Gasteiger partial charge >= 0.3 is 0 Å². The van der Waals surface area contributed by atoms with Crippen molar-refractivity contribution in [3.63, 3.8) is 0 Å². The Morgan fingerprint density at radius 3 is 2.76 bits per heavy atom. The number of hydrogen-bond acceptors (Lipinski definition) is 7. The monoisotopic (exact) mass is 237 g/mol. The van der Waals surface area contributed by atoms with E-state index < -0.39 is 0 Å². The van der Waals surface area contributed by atoms with Gasteiger partial charge in [-0.15, -0.1) is 0 Å². The highest BCUT2D eigenvalue weighted by Gasteiger charge is 2.25. The molecule has 0 radical (unpaired) electrons. The molecule has 6 N–H and O–H groups in total. The standard InChI is InChI=1S/C10H19N7/c1-17(7-2-3-7)5-4-13-8-6-9(16-12)15-10(11)14-8/h6-7H,2-5,12H2,1H3,(H4,11,13,14,15,16). The lowest BCUT2D eigenvalue weighted by Gasteiger charge is -2.16. The van der Waals surface area contributed by atoms with E-state index in [1.165, 1.54) is 12.8 Å². The minimum absolute atomic E-state index is 0.207. The number of nitrogens with one attached hydrogen (secondary N) is 2. The Bertz CT molecular complexity index is 377. The smallest absolute Gasteiger partial charge is 0.223 e. The first-order chi connectivity index (χ1) is 8.19.